The van der Waals surface area contributed by atoms with Crippen molar-refractivity contribution >= 4 is 34.2 Å². The van der Waals surface area contributed by atoms with Gasteiger partial charge in [-0.05, 0) is 16.8 Å². The summed E-state index contributed by atoms with van der Waals surface area (Å²) in [5, 5.41) is 2.00. The average Bonchev–Trinajstić information content (AvgIpc) is 2.67. The van der Waals surface area contributed by atoms with Crippen LogP contribution in [0.3, 0.4) is 0 Å². The molecule has 1 aromatic heterocycles. The Morgan fingerprint density at radius 2 is 1.88 bits per heavy atom. The molecule has 0 spiro atoms. The maximum absolute atomic E-state index is 12.8. The first kappa shape index (κ1) is 15.2. The van der Waals surface area contributed by atoms with E-state index in [0.29, 0.717) is 22.7 Å². The van der Waals surface area contributed by atoms with E-state index in [9.17, 15) is 9.59 Å². The molecule has 1 aliphatic heterocycles. The van der Waals surface area contributed by atoms with Crippen LogP contribution in [0.15, 0.2) is 59.7 Å². The van der Waals surface area contributed by atoms with Crippen molar-refractivity contribution in [2.24, 2.45) is 10.9 Å². The van der Waals surface area contributed by atoms with Gasteiger partial charge in [-0.25, -0.2) is 4.98 Å². The second-order valence-electron chi connectivity index (χ2n) is 5.79. The Bertz CT molecular complexity index is 1040. The van der Waals surface area contributed by atoms with Gasteiger partial charge in [0.2, 0.25) is 5.88 Å². The number of methoxy groups -OCH3 is 1. The molecular formula is C20H14N2O3. The summed E-state index contributed by atoms with van der Waals surface area (Å²) >= 11 is 0. The number of carbonyl (C=O) groups is 2. The van der Waals surface area contributed by atoms with E-state index >= 15 is 0 Å². The molecule has 0 saturated carbocycles. The van der Waals surface area contributed by atoms with Gasteiger partial charge >= 0.3 is 0 Å². The molecule has 1 atom stereocenters. The van der Waals surface area contributed by atoms with Crippen LogP contribution in [0.5, 0.6) is 5.88 Å². The van der Waals surface area contributed by atoms with Crippen LogP contribution in [0, 0.1) is 5.92 Å². The predicted octanol–water partition coefficient (Wildman–Crippen LogP) is 3.64. The van der Waals surface area contributed by atoms with Gasteiger partial charge in [0.1, 0.15) is 5.92 Å². The number of ether oxygens (including phenoxy) is 1. The number of hydrogen-bond donors (Lipinski definition) is 0. The summed E-state index contributed by atoms with van der Waals surface area (Å²) in [5.74, 6) is -1.11. The summed E-state index contributed by atoms with van der Waals surface area (Å²) in [6, 6.07) is 14.8. The largest absolute Gasteiger partial charge is 0.481 e. The monoisotopic (exact) mass is 330 g/mol. The highest BCUT2D eigenvalue weighted by Gasteiger charge is 2.32. The molecule has 25 heavy (non-hydrogen) atoms. The number of rotatable bonds is 3. The normalized spacial score (nSPS) is 15.9. The minimum Gasteiger partial charge on any atom is -0.481 e. The quantitative estimate of drug-likeness (QED) is 0.543. The molecule has 4 rings (SSSR count). The molecule has 5 heteroatoms. The van der Waals surface area contributed by atoms with Crippen molar-refractivity contribution < 1.29 is 14.3 Å². The molecule has 0 aliphatic carbocycles. The Morgan fingerprint density at radius 3 is 2.68 bits per heavy atom. The number of benzene rings is 2. The molecule has 0 fully saturated rings. The van der Waals surface area contributed by atoms with Gasteiger partial charge in [-0.15, -0.1) is 0 Å². The molecule has 1 unspecified atom stereocenters. The summed E-state index contributed by atoms with van der Waals surface area (Å²) in [6.45, 7) is 0. The molecule has 0 bridgehead atoms. The molecule has 2 heterocycles. The molecular weight excluding hydrogens is 316 g/mol. The standard InChI is InChI=1S/C20H14N2O3/c1-25-18-9-17-15(10-22-18)20(24)16(11-21-17)19(23)14-7-6-12-4-2-3-5-13(12)8-14/h2-11,16H,1H3. The van der Waals surface area contributed by atoms with Crippen molar-refractivity contribution in [3.8, 4) is 5.88 Å². The lowest BCUT2D eigenvalue weighted by atomic mass is 9.88. The number of pyridine rings is 1. The van der Waals surface area contributed by atoms with Crippen LogP contribution in [0.1, 0.15) is 20.7 Å². The number of ketones is 2. The molecule has 0 N–H and O–H groups in total. The van der Waals surface area contributed by atoms with Gasteiger partial charge in [0, 0.05) is 24.0 Å². The fourth-order valence-electron chi connectivity index (χ4n) is 2.93. The summed E-state index contributed by atoms with van der Waals surface area (Å²) in [5.41, 5.74) is 1.30. The van der Waals surface area contributed by atoms with Crippen LogP contribution < -0.4 is 4.74 Å². The van der Waals surface area contributed by atoms with Gasteiger partial charge in [-0.3, -0.25) is 14.6 Å². The van der Waals surface area contributed by atoms with Crippen molar-refractivity contribution in [3.05, 3.63) is 65.9 Å². The number of aliphatic imine (C=N–C) groups is 1. The summed E-state index contributed by atoms with van der Waals surface area (Å²) < 4.78 is 5.04. The minimum atomic E-state index is -0.927. The maximum atomic E-state index is 12.8. The first-order valence-corrected chi connectivity index (χ1v) is 7.83. The summed E-state index contributed by atoms with van der Waals surface area (Å²) in [6.07, 6.45) is 2.81. The van der Waals surface area contributed by atoms with E-state index in [4.69, 9.17) is 4.74 Å². The van der Waals surface area contributed by atoms with E-state index in [2.05, 4.69) is 9.98 Å². The lowest BCUT2D eigenvalue weighted by molar-refractivity contribution is 0.0855. The predicted molar refractivity (Wildman–Crippen MR) is 95.0 cm³/mol. The van der Waals surface area contributed by atoms with Crippen molar-refractivity contribution in [2.75, 3.05) is 7.11 Å². The third-order valence-corrected chi connectivity index (χ3v) is 4.29. The van der Waals surface area contributed by atoms with Gasteiger partial charge in [0.15, 0.2) is 11.6 Å². The number of Topliss-reactive ketones (excluding diaryl/α,β-unsaturated/α-hetero) is 2. The Morgan fingerprint density at radius 1 is 1.08 bits per heavy atom. The van der Waals surface area contributed by atoms with E-state index < -0.39 is 5.92 Å². The third-order valence-electron chi connectivity index (χ3n) is 4.29. The zero-order valence-electron chi connectivity index (χ0n) is 13.5. The molecule has 2 aromatic carbocycles. The Kier molecular flexibility index (Phi) is 3.61. The lowest BCUT2D eigenvalue weighted by Gasteiger charge is -2.17. The Labute approximate surface area is 144 Å². The second-order valence-corrected chi connectivity index (χ2v) is 5.79. The topological polar surface area (TPSA) is 68.6 Å². The number of aromatic nitrogens is 1. The smallest absolute Gasteiger partial charge is 0.215 e. The van der Waals surface area contributed by atoms with Gasteiger partial charge in [0.05, 0.1) is 18.4 Å². The zero-order valence-corrected chi connectivity index (χ0v) is 13.5. The van der Waals surface area contributed by atoms with Gasteiger partial charge in [0.25, 0.3) is 0 Å². The zero-order chi connectivity index (χ0) is 17.4. The summed E-state index contributed by atoms with van der Waals surface area (Å²) in [7, 11) is 1.50. The van der Waals surface area contributed by atoms with E-state index in [1.54, 1.807) is 18.2 Å². The van der Waals surface area contributed by atoms with Crippen LogP contribution >= 0.6 is 0 Å². The van der Waals surface area contributed by atoms with E-state index in [1.165, 1.54) is 19.5 Å². The minimum absolute atomic E-state index is 0.263. The Hall–Kier alpha value is -3.34. The van der Waals surface area contributed by atoms with Gasteiger partial charge in [-0.2, -0.15) is 0 Å². The van der Waals surface area contributed by atoms with Gasteiger partial charge < -0.3 is 4.74 Å². The van der Waals surface area contributed by atoms with E-state index in [1.807, 2.05) is 30.3 Å². The molecule has 0 radical (unpaired) electrons. The number of hydrogen-bond acceptors (Lipinski definition) is 5. The molecule has 0 amide bonds. The number of fused-ring (bicyclic) bond motifs is 2. The van der Waals surface area contributed by atoms with Crippen molar-refractivity contribution in [1.82, 2.24) is 4.98 Å². The molecule has 1 aliphatic rings. The number of carbonyl (C=O) groups excluding carboxylic acids is 2. The molecule has 3 aromatic rings. The highest BCUT2D eigenvalue weighted by molar-refractivity contribution is 6.27. The highest BCUT2D eigenvalue weighted by Crippen LogP contribution is 2.30. The fourth-order valence-corrected chi connectivity index (χ4v) is 2.93. The summed E-state index contributed by atoms with van der Waals surface area (Å²) in [4.78, 5) is 33.8. The number of nitrogens with zero attached hydrogens (tertiary/aromatic N) is 2. The lowest BCUT2D eigenvalue weighted by Crippen LogP contribution is -2.28. The highest BCUT2D eigenvalue weighted by atomic mass is 16.5. The van der Waals surface area contributed by atoms with Crippen molar-refractivity contribution in [2.45, 2.75) is 0 Å². The maximum Gasteiger partial charge on any atom is 0.215 e. The first-order chi connectivity index (χ1) is 12.2. The third kappa shape index (κ3) is 2.59. The van der Waals surface area contributed by atoms with Crippen LogP contribution in [-0.4, -0.2) is 29.9 Å². The molecule has 5 nitrogen and oxygen atoms in total. The van der Waals surface area contributed by atoms with E-state index in [-0.39, 0.29) is 11.6 Å². The molecule has 122 valence electrons. The van der Waals surface area contributed by atoms with Gasteiger partial charge in [-0.1, -0.05) is 36.4 Å². The van der Waals surface area contributed by atoms with Crippen LogP contribution in [0.2, 0.25) is 0 Å². The van der Waals surface area contributed by atoms with Crippen molar-refractivity contribution in [3.63, 3.8) is 0 Å². The van der Waals surface area contributed by atoms with Crippen LogP contribution in [0.25, 0.3) is 10.8 Å². The SMILES string of the molecule is COc1cc2c(cn1)C(=O)C(C(=O)c1ccc3ccccc3c1)C=N2. The van der Waals surface area contributed by atoms with Crippen LogP contribution in [-0.2, 0) is 0 Å². The van der Waals surface area contributed by atoms with Crippen LogP contribution in [0.4, 0.5) is 5.69 Å². The van der Waals surface area contributed by atoms with E-state index in [0.717, 1.165) is 10.8 Å². The first-order valence-electron chi connectivity index (χ1n) is 7.83. The average molecular weight is 330 g/mol. The van der Waals surface area contributed by atoms with Crippen molar-refractivity contribution in [1.29, 1.82) is 0 Å². The molecule has 0 saturated heterocycles. The second kappa shape index (κ2) is 5.94. The Balaban J connectivity index is 1.69. The fraction of sp³-hybridized carbons (Fsp3) is 0.100.